The van der Waals surface area contributed by atoms with Crippen LogP contribution < -0.4 is 0 Å². The number of ether oxygens (including phenoxy) is 2. The monoisotopic (exact) mass is 441 g/mol. The van der Waals surface area contributed by atoms with E-state index in [1.165, 1.54) is 10.4 Å². The lowest BCUT2D eigenvalue weighted by Crippen LogP contribution is -2.48. The average molecular weight is 442 g/mol. The van der Waals surface area contributed by atoms with E-state index in [2.05, 4.69) is 4.90 Å². The molecule has 1 aromatic carbocycles. The summed E-state index contributed by atoms with van der Waals surface area (Å²) < 4.78 is 38.6. The van der Waals surface area contributed by atoms with Crippen LogP contribution in [0.3, 0.4) is 0 Å². The zero-order valence-electron chi connectivity index (χ0n) is 18.7. The number of sulfonamides is 1. The van der Waals surface area contributed by atoms with Crippen LogP contribution in [-0.4, -0.2) is 101 Å². The van der Waals surface area contributed by atoms with Crippen molar-refractivity contribution in [2.24, 2.45) is 0 Å². The second-order valence-corrected chi connectivity index (χ2v) is 9.99. The molecule has 0 aliphatic carbocycles. The highest BCUT2D eigenvalue weighted by Gasteiger charge is 2.32. The quantitative estimate of drug-likeness (QED) is 0.548. The first-order valence-corrected chi connectivity index (χ1v) is 11.8. The Labute approximate surface area is 180 Å². The standard InChI is InChI=1S/C21H35N3O5S/c1-17-15-24(16-18(2)29-17)30(26,27)20-9-6-8-19(14-20)21(25)23(12-13-28-5)11-7-10-22(3)4/h6,8-9,14,17-18H,7,10-13,15-16H2,1-5H3/t17-,18-/m1/s1. The van der Waals surface area contributed by atoms with Crippen molar-refractivity contribution in [3.05, 3.63) is 29.8 Å². The number of nitrogens with zero attached hydrogens (tertiary/aromatic N) is 3. The van der Waals surface area contributed by atoms with Crippen LogP contribution in [0.25, 0.3) is 0 Å². The van der Waals surface area contributed by atoms with Gasteiger partial charge in [-0.3, -0.25) is 4.79 Å². The molecule has 1 heterocycles. The number of benzene rings is 1. The van der Waals surface area contributed by atoms with Gasteiger partial charge in [-0.15, -0.1) is 0 Å². The minimum Gasteiger partial charge on any atom is -0.383 e. The molecule has 1 aromatic rings. The fourth-order valence-corrected chi connectivity index (χ4v) is 5.18. The van der Waals surface area contributed by atoms with Gasteiger partial charge in [0.25, 0.3) is 5.91 Å². The van der Waals surface area contributed by atoms with Gasteiger partial charge in [-0.2, -0.15) is 4.31 Å². The zero-order valence-corrected chi connectivity index (χ0v) is 19.5. The third-order valence-corrected chi connectivity index (χ3v) is 6.82. The normalized spacial score (nSPS) is 20.5. The number of carbonyl (C=O) groups is 1. The maximum absolute atomic E-state index is 13.2. The summed E-state index contributed by atoms with van der Waals surface area (Å²) in [6, 6.07) is 6.32. The number of methoxy groups -OCH3 is 1. The van der Waals surface area contributed by atoms with Crippen molar-refractivity contribution in [3.63, 3.8) is 0 Å². The second-order valence-electron chi connectivity index (χ2n) is 8.05. The van der Waals surface area contributed by atoms with Gasteiger partial charge < -0.3 is 19.3 Å². The topological polar surface area (TPSA) is 79.4 Å². The molecular weight excluding hydrogens is 406 g/mol. The molecule has 1 saturated heterocycles. The van der Waals surface area contributed by atoms with Crippen molar-refractivity contribution in [1.29, 1.82) is 0 Å². The van der Waals surface area contributed by atoms with E-state index in [4.69, 9.17) is 9.47 Å². The minimum absolute atomic E-state index is 0.134. The molecule has 0 spiro atoms. The van der Waals surface area contributed by atoms with Crippen LogP contribution in [0.4, 0.5) is 0 Å². The highest BCUT2D eigenvalue weighted by molar-refractivity contribution is 7.89. The Balaban J connectivity index is 2.21. The first-order valence-electron chi connectivity index (χ1n) is 10.3. The predicted octanol–water partition coefficient (Wildman–Crippen LogP) is 1.52. The summed E-state index contributed by atoms with van der Waals surface area (Å²) in [5.74, 6) is -0.188. The van der Waals surface area contributed by atoms with E-state index >= 15 is 0 Å². The molecule has 1 aliphatic heterocycles. The molecule has 0 aromatic heterocycles. The van der Waals surface area contributed by atoms with Gasteiger partial charge in [-0.1, -0.05) is 6.07 Å². The third kappa shape index (κ3) is 6.75. The van der Waals surface area contributed by atoms with E-state index in [9.17, 15) is 13.2 Å². The molecule has 0 bridgehead atoms. The molecule has 8 nitrogen and oxygen atoms in total. The van der Waals surface area contributed by atoms with Gasteiger partial charge in [-0.05, 0) is 59.1 Å². The van der Waals surface area contributed by atoms with Gasteiger partial charge in [-0.25, -0.2) is 8.42 Å². The summed E-state index contributed by atoms with van der Waals surface area (Å²) >= 11 is 0. The molecule has 170 valence electrons. The highest BCUT2D eigenvalue weighted by Crippen LogP contribution is 2.22. The third-order valence-electron chi connectivity index (χ3n) is 4.99. The minimum atomic E-state index is -3.70. The first-order chi connectivity index (χ1) is 14.1. The van der Waals surface area contributed by atoms with E-state index in [0.29, 0.717) is 38.3 Å². The number of hydrogen-bond acceptors (Lipinski definition) is 6. The molecule has 30 heavy (non-hydrogen) atoms. The van der Waals surface area contributed by atoms with Crippen molar-refractivity contribution in [2.75, 3.05) is 60.5 Å². The summed E-state index contributed by atoms with van der Waals surface area (Å²) in [5.41, 5.74) is 0.367. The Kier molecular flexibility index (Phi) is 9.24. The van der Waals surface area contributed by atoms with Crippen molar-refractivity contribution >= 4 is 15.9 Å². The van der Waals surface area contributed by atoms with Gasteiger partial charge >= 0.3 is 0 Å². The van der Waals surface area contributed by atoms with Crippen LogP contribution in [0.2, 0.25) is 0 Å². The average Bonchev–Trinajstić information content (AvgIpc) is 2.69. The summed E-state index contributed by atoms with van der Waals surface area (Å²) in [4.78, 5) is 17.0. The molecule has 1 fully saturated rings. The maximum Gasteiger partial charge on any atom is 0.253 e. The maximum atomic E-state index is 13.2. The smallest absolute Gasteiger partial charge is 0.253 e. The lowest BCUT2D eigenvalue weighted by molar-refractivity contribution is -0.0440. The summed E-state index contributed by atoms with van der Waals surface area (Å²) in [6.45, 7) is 6.64. The van der Waals surface area contributed by atoms with Crippen LogP contribution in [0.5, 0.6) is 0 Å². The van der Waals surface area contributed by atoms with E-state index in [1.54, 1.807) is 30.2 Å². The first kappa shape index (κ1) is 24.7. The largest absolute Gasteiger partial charge is 0.383 e. The molecule has 0 unspecified atom stereocenters. The Morgan fingerprint density at radius 3 is 2.43 bits per heavy atom. The Morgan fingerprint density at radius 1 is 1.17 bits per heavy atom. The number of rotatable bonds is 10. The molecule has 1 amide bonds. The number of amides is 1. The van der Waals surface area contributed by atoms with Crippen LogP contribution in [-0.2, 0) is 19.5 Å². The highest BCUT2D eigenvalue weighted by atomic mass is 32.2. The SMILES string of the molecule is COCCN(CCCN(C)C)C(=O)c1cccc(S(=O)(=O)N2C[C@@H](C)O[C@H](C)C2)c1. The Morgan fingerprint density at radius 2 is 1.83 bits per heavy atom. The van der Waals surface area contributed by atoms with Gasteiger partial charge in [0.2, 0.25) is 10.0 Å². The summed E-state index contributed by atoms with van der Waals surface area (Å²) in [6.07, 6.45) is 0.480. The van der Waals surface area contributed by atoms with E-state index < -0.39 is 10.0 Å². The Hall–Kier alpha value is -1.52. The Bertz CT molecular complexity index is 790. The molecule has 0 N–H and O–H groups in total. The van der Waals surface area contributed by atoms with Crippen LogP contribution >= 0.6 is 0 Å². The molecule has 9 heteroatoms. The number of hydrogen-bond donors (Lipinski definition) is 0. The fraction of sp³-hybridized carbons (Fsp3) is 0.667. The van der Waals surface area contributed by atoms with E-state index in [-0.39, 0.29) is 23.0 Å². The van der Waals surface area contributed by atoms with Crippen molar-refractivity contribution in [3.8, 4) is 0 Å². The van der Waals surface area contributed by atoms with Crippen molar-refractivity contribution in [1.82, 2.24) is 14.1 Å². The van der Waals surface area contributed by atoms with Gasteiger partial charge in [0.1, 0.15) is 0 Å². The van der Waals surface area contributed by atoms with E-state index in [0.717, 1.165) is 13.0 Å². The molecule has 0 radical (unpaired) electrons. The number of morpholine rings is 1. The zero-order chi connectivity index (χ0) is 22.3. The van der Waals surface area contributed by atoms with Crippen LogP contribution in [0, 0.1) is 0 Å². The molecular formula is C21H35N3O5S. The number of carbonyl (C=O) groups excluding carboxylic acids is 1. The van der Waals surface area contributed by atoms with Gasteiger partial charge in [0.15, 0.2) is 0 Å². The second kappa shape index (κ2) is 11.2. The van der Waals surface area contributed by atoms with Crippen LogP contribution in [0.1, 0.15) is 30.6 Å². The van der Waals surface area contributed by atoms with Crippen molar-refractivity contribution < 1.29 is 22.7 Å². The summed E-state index contributed by atoms with van der Waals surface area (Å²) in [7, 11) is 1.87. The summed E-state index contributed by atoms with van der Waals surface area (Å²) in [5, 5.41) is 0. The lowest BCUT2D eigenvalue weighted by Gasteiger charge is -2.34. The van der Waals surface area contributed by atoms with E-state index in [1.807, 2.05) is 27.9 Å². The fourth-order valence-electron chi connectivity index (χ4n) is 3.54. The molecule has 2 rings (SSSR count). The van der Waals surface area contributed by atoms with Crippen molar-refractivity contribution in [2.45, 2.75) is 37.4 Å². The van der Waals surface area contributed by atoms with Gasteiger partial charge in [0, 0.05) is 38.9 Å². The predicted molar refractivity (Wildman–Crippen MR) is 116 cm³/mol. The van der Waals surface area contributed by atoms with Gasteiger partial charge in [0.05, 0.1) is 23.7 Å². The van der Waals surface area contributed by atoms with Crippen LogP contribution in [0.15, 0.2) is 29.2 Å². The lowest BCUT2D eigenvalue weighted by atomic mass is 10.2. The molecule has 2 atom stereocenters. The molecule has 1 aliphatic rings. The molecule has 0 saturated carbocycles.